The topological polar surface area (TPSA) is 357 Å². The molecule has 0 unspecified atom stereocenters. The molecule has 4 amide bonds. The van der Waals surface area contributed by atoms with Crippen molar-refractivity contribution < 1.29 is 95.3 Å². The van der Waals surface area contributed by atoms with E-state index in [1.807, 2.05) is 95.2 Å². The summed E-state index contributed by atoms with van der Waals surface area (Å²) in [4.78, 5) is 155. The van der Waals surface area contributed by atoms with Gasteiger partial charge in [0.15, 0.2) is 10.3 Å². The largest absolute Gasteiger partial charge is 0.497 e. The van der Waals surface area contributed by atoms with Crippen LogP contribution < -0.4 is 33.7 Å². The van der Waals surface area contributed by atoms with Crippen molar-refractivity contribution >= 4 is 116 Å². The number of methoxy groups -OCH3 is 3. The molecule has 6 aromatic rings. The number of allylic oxidation sites excluding steroid dienone is 2. The van der Waals surface area contributed by atoms with Crippen molar-refractivity contribution in [1.29, 1.82) is 0 Å². The molecule has 31 nitrogen and oxygen atoms in total. The molecule has 0 radical (unpaired) electrons. The number of hydrogen-bond donors (Lipinski definition) is 1. The molecule has 0 bridgehead atoms. The maximum Gasteiger partial charge on any atom is 0.329 e. The quantitative estimate of drug-likeness (QED) is 0.0197. The summed E-state index contributed by atoms with van der Waals surface area (Å²) in [5, 5.41) is 3.38. The van der Waals surface area contributed by atoms with E-state index in [0.717, 1.165) is 25.7 Å². The van der Waals surface area contributed by atoms with E-state index >= 15 is 0 Å². The number of aromatic nitrogens is 6. The number of carbonyl (C=O) groups excluding carboxylic acids is 9. The highest BCUT2D eigenvalue weighted by molar-refractivity contribution is 6.31. The second-order valence-electron chi connectivity index (χ2n) is 39.1. The fourth-order valence-corrected chi connectivity index (χ4v) is 17.3. The van der Waals surface area contributed by atoms with Gasteiger partial charge in [-0.15, -0.1) is 13.2 Å². The van der Waals surface area contributed by atoms with E-state index in [1.54, 1.807) is 133 Å². The van der Waals surface area contributed by atoms with Gasteiger partial charge >= 0.3 is 29.8 Å². The molecule has 734 valence electrons. The van der Waals surface area contributed by atoms with Gasteiger partial charge in [-0.1, -0.05) is 127 Å². The molecule has 0 saturated carbocycles. The minimum atomic E-state index is -1.01. The molecule has 5 fully saturated rings. The number of esters is 5. The number of halogens is 2. The molecule has 5 aliphatic rings. The summed E-state index contributed by atoms with van der Waals surface area (Å²) in [6.45, 7) is 49.1. The summed E-state index contributed by atoms with van der Waals surface area (Å²) >= 11 is 12.8. The van der Waals surface area contributed by atoms with Crippen molar-refractivity contribution in [3.63, 3.8) is 0 Å². The van der Waals surface area contributed by atoms with E-state index in [1.165, 1.54) is 23.6 Å². The smallest absolute Gasteiger partial charge is 0.329 e. The lowest BCUT2D eigenvalue weighted by atomic mass is 9.77. The molecule has 11 rings (SSSR count). The molecule has 8 heterocycles. The van der Waals surface area contributed by atoms with Crippen molar-refractivity contribution in [1.82, 2.24) is 54.8 Å². The van der Waals surface area contributed by atoms with Crippen LogP contribution in [-0.2, 0) is 66.8 Å². The van der Waals surface area contributed by atoms with E-state index in [9.17, 15) is 43.2 Å². The Bertz CT molecular complexity index is 5100. The van der Waals surface area contributed by atoms with Gasteiger partial charge in [-0.3, -0.25) is 33.6 Å². The highest BCUT2D eigenvalue weighted by Gasteiger charge is 2.55. The first kappa shape index (κ1) is 111. The second-order valence-corrected chi connectivity index (χ2v) is 39.8. The maximum atomic E-state index is 14.7. The predicted octanol–water partition coefficient (Wildman–Crippen LogP) is 17.2. The fraction of sp³-hybridized carbons (Fsp3) is 0.610. The highest BCUT2D eigenvalue weighted by Crippen LogP contribution is 2.43. The third-order valence-corrected chi connectivity index (χ3v) is 24.3. The molecule has 0 aliphatic carbocycles. The van der Waals surface area contributed by atoms with Gasteiger partial charge in [-0.05, 0) is 154 Å². The van der Waals surface area contributed by atoms with Crippen LogP contribution in [-0.4, -0.2) is 235 Å². The Kier molecular flexibility index (Phi) is 39.4. The Morgan fingerprint density at radius 2 is 0.805 bits per heavy atom. The van der Waals surface area contributed by atoms with Gasteiger partial charge in [0.2, 0.25) is 29.5 Å². The van der Waals surface area contributed by atoms with Crippen LogP contribution in [0.1, 0.15) is 231 Å². The zero-order valence-corrected chi connectivity index (χ0v) is 81.2. The fourth-order valence-electron chi connectivity index (χ4n) is 16.9. The number of likely N-dealkylation sites (tertiary alicyclic amines) is 4. The highest BCUT2D eigenvalue weighted by atomic mass is 35.5. The van der Waals surface area contributed by atoms with Gasteiger partial charge in [0, 0.05) is 82.3 Å². The Balaban J connectivity index is 0.000000318. The minimum absolute atomic E-state index is 0. The van der Waals surface area contributed by atoms with Crippen molar-refractivity contribution in [2.24, 2.45) is 40.4 Å². The molecule has 33 heteroatoms. The summed E-state index contributed by atoms with van der Waals surface area (Å²) in [6, 6.07) is 13.0. The number of nitrogens with one attached hydrogen (secondary N) is 1. The monoisotopic (exact) mass is 1890 g/mol. The third-order valence-electron chi connectivity index (χ3n) is 23.8. The van der Waals surface area contributed by atoms with Crippen LogP contribution in [0.4, 0.5) is 0 Å². The Morgan fingerprint density at radius 3 is 1.14 bits per heavy atom. The lowest BCUT2D eigenvalue weighted by Crippen LogP contribution is -2.50. The molecule has 0 spiro atoms. The van der Waals surface area contributed by atoms with Crippen molar-refractivity contribution in [2.45, 2.75) is 302 Å². The van der Waals surface area contributed by atoms with Crippen LogP contribution in [0.2, 0.25) is 10.3 Å². The summed E-state index contributed by atoms with van der Waals surface area (Å²) in [7, 11) is 4.70. The molecule has 1 N–H and O–H groups in total. The van der Waals surface area contributed by atoms with Gasteiger partial charge in [0.05, 0.1) is 104 Å². The van der Waals surface area contributed by atoms with Gasteiger partial charge in [0.25, 0.3) is 11.8 Å². The average Bonchev–Trinajstić information content (AvgIpc) is 1.63. The number of rotatable bonds is 29. The van der Waals surface area contributed by atoms with Gasteiger partial charge in [0.1, 0.15) is 88.4 Å². The molecule has 3 aromatic carbocycles. The van der Waals surface area contributed by atoms with E-state index in [4.69, 9.17) is 80.3 Å². The number of amides is 4. The zero-order chi connectivity index (χ0) is 96.1. The molecular weight excluding hydrogens is 1750 g/mol. The molecule has 3 aromatic heterocycles. The summed E-state index contributed by atoms with van der Waals surface area (Å²) < 4.78 is 63.9. The molecular formula is C100H145Cl2N11O20. The zero-order valence-electron chi connectivity index (χ0n) is 79.7. The van der Waals surface area contributed by atoms with Gasteiger partial charge in [-0.2, -0.15) is 0 Å². The van der Waals surface area contributed by atoms with Gasteiger partial charge < -0.3 is 77.0 Å². The molecule has 133 heavy (non-hydrogen) atoms. The molecule has 15 atom stereocenters. The van der Waals surface area contributed by atoms with Gasteiger partial charge in [-0.25, -0.2) is 39.5 Å². The maximum absolute atomic E-state index is 14.7. The van der Waals surface area contributed by atoms with Crippen molar-refractivity contribution in [3.8, 4) is 34.9 Å². The number of benzene rings is 3. The van der Waals surface area contributed by atoms with Crippen LogP contribution in [0.3, 0.4) is 0 Å². The summed E-state index contributed by atoms with van der Waals surface area (Å²) in [5.41, 5.74) is 0.368. The lowest BCUT2D eigenvalue weighted by Gasteiger charge is -2.35. The predicted molar refractivity (Wildman–Crippen MR) is 514 cm³/mol. The van der Waals surface area contributed by atoms with Crippen molar-refractivity contribution in [3.05, 3.63) is 102 Å². The third kappa shape index (κ3) is 29.0. The van der Waals surface area contributed by atoms with Crippen LogP contribution in [0.5, 0.6) is 34.9 Å². The summed E-state index contributed by atoms with van der Waals surface area (Å²) in [5.74, 6) is -3.88. The number of nitrogens with zero attached hydrogens (tertiary/aromatic N) is 10. The Labute approximate surface area is 795 Å². The van der Waals surface area contributed by atoms with Crippen LogP contribution in [0.15, 0.2) is 86.5 Å². The van der Waals surface area contributed by atoms with Crippen LogP contribution in [0.25, 0.3) is 39.2 Å². The minimum Gasteiger partial charge on any atom is -0.497 e. The standard InChI is InChI=1S/C40H56N4O8.C38H53ClN4O8.C19H24ClN3O4.3CH4/c1-12-14-15-16-31-32(19-20-43(31)25(4)45)50-34(46)22-27(39(5,6)7)37(47)44-23-33(24(3)35(44)38(48)52-40(8,9)10)51-36-28(13-2)41-29-18-17-26(49-11)21-30(29)42-36;1-11-12-13-14-28-29(17-18-42(28)23(3)44)49-31(45)20-25(37(4,5)6)35(46)43-21-30(22(2)32(43)36(47)51-38(7,8)9)50-34-33(39)40-26-16-15-24(48-10)19-27(26)41-34;1-10-14(9-21-15(10)18(24)27-19(2,3)4)26-17-16(20)22-12-7-6-11(25-5)8-13(12)23-17;;;/h12-13,17-18,21,24,27,31-33,35H,1-2,14-16,19-20,22-23H2,3-11H3;11,15-16,19,22,25,28-30,32H,1,12-14,17-18,20-21H2,2-10H3;6-8,10,14-15,21H,9H2,1-5H3;3*1H4/t24-,27-,31+,32-,33+,35+;22-,25-,28+,29-,30+,32+;10-,14+,15+;;;/m111.../s1. The number of unbranched alkanes of at least 4 members (excludes halogenated alkanes) is 2. The second kappa shape index (κ2) is 47.1. The van der Waals surface area contributed by atoms with E-state index in [-0.39, 0.29) is 124 Å². The first-order valence-electron chi connectivity index (χ1n) is 44.6. The average molecular weight is 1890 g/mol. The van der Waals surface area contributed by atoms with Crippen LogP contribution >= 0.6 is 23.2 Å². The number of ether oxygens (including phenoxy) is 11. The summed E-state index contributed by atoms with van der Waals surface area (Å²) in [6.07, 6.45) is 7.79. The Morgan fingerprint density at radius 1 is 0.459 bits per heavy atom. The number of carbonyl (C=O) groups is 9. The Hall–Kier alpha value is -10.5. The van der Waals surface area contributed by atoms with E-state index in [2.05, 4.69) is 50.0 Å². The van der Waals surface area contributed by atoms with Crippen molar-refractivity contribution in [2.75, 3.05) is 54.1 Å². The molecule has 5 aliphatic heterocycles. The normalized spacial score (nSPS) is 22.2. The number of hydrogen-bond acceptors (Lipinski definition) is 27. The van der Waals surface area contributed by atoms with Crippen LogP contribution in [0, 0.1) is 40.4 Å². The first-order valence-corrected chi connectivity index (χ1v) is 45.3. The van der Waals surface area contributed by atoms with E-state index in [0.29, 0.717) is 101 Å². The molecule has 5 saturated heterocycles. The van der Waals surface area contributed by atoms with E-state index < -0.39 is 124 Å². The SMILES string of the molecule is C.C.C.C=CCCC[C@H]1[C@H](OC(=O)C[C@H](C(=O)N2C[C@H](Oc3nc4cc(OC)ccc4nc3C=C)[C@@H](C)[C@H]2C(=O)OC(C)(C)C)C(C)(C)C)CCN1C(C)=O.C=CCCC[C@H]1[C@H](OC(=O)C[C@H](C(=O)N2C[C@H](Oc3nc4cc(OC)ccc4nc3Cl)[C@@H](C)[C@H]2C(=O)OC(C)(C)C)C(C)(C)C)CCN1C(C)=O.COc1ccc2nc(Cl)c(O[C@H]3CN[C@H](C(=O)OC(C)(C)C)[C@@H]3C)nc2c1. The first-order chi connectivity index (χ1) is 60.9. The lowest BCUT2D eigenvalue weighted by molar-refractivity contribution is -0.167. The number of fused-ring (bicyclic) bond motifs is 3.